The van der Waals surface area contributed by atoms with Crippen LogP contribution in [0.2, 0.25) is 0 Å². The molecule has 3 aromatic rings. The van der Waals surface area contributed by atoms with Crippen molar-refractivity contribution in [3.8, 4) is 0 Å². The molecule has 196 valence electrons. The maximum atomic E-state index is 13.2. The van der Waals surface area contributed by atoms with Crippen LogP contribution in [0.25, 0.3) is 0 Å². The molecular formula is C25H27F3N6O3. The number of nitrogens with two attached hydrogens (primary N) is 1. The lowest BCUT2D eigenvalue weighted by Crippen LogP contribution is -2.23. The highest BCUT2D eigenvalue weighted by Crippen LogP contribution is 2.33. The number of likely N-dealkylation sites (tertiary alicyclic amines) is 1. The molecule has 0 unspecified atom stereocenters. The predicted octanol–water partition coefficient (Wildman–Crippen LogP) is 4.60. The van der Waals surface area contributed by atoms with E-state index in [0.717, 1.165) is 32.0 Å². The summed E-state index contributed by atoms with van der Waals surface area (Å²) >= 11 is 0. The number of amides is 1. The number of ketones is 1. The Bertz CT molecular complexity index is 1300. The largest absolute Gasteiger partial charge is 0.416 e. The lowest BCUT2D eigenvalue weighted by Gasteiger charge is -2.18. The Morgan fingerprint density at radius 2 is 1.92 bits per heavy atom. The van der Waals surface area contributed by atoms with E-state index in [1.165, 1.54) is 31.5 Å². The monoisotopic (exact) mass is 516 g/mol. The van der Waals surface area contributed by atoms with Crippen LogP contribution in [-0.4, -0.2) is 44.8 Å². The molecule has 1 aliphatic rings. The summed E-state index contributed by atoms with van der Waals surface area (Å²) in [7, 11) is 0. The lowest BCUT2D eigenvalue weighted by atomic mass is 9.97. The second-order valence-corrected chi connectivity index (χ2v) is 9.20. The van der Waals surface area contributed by atoms with Gasteiger partial charge in [0.2, 0.25) is 5.76 Å². The Morgan fingerprint density at radius 3 is 2.62 bits per heavy atom. The molecule has 0 saturated carbocycles. The minimum atomic E-state index is -4.55. The van der Waals surface area contributed by atoms with Gasteiger partial charge in [-0.3, -0.25) is 14.5 Å². The molecule has 2 aromatic heterocycles. The van der Waals surface area contributed by atoms with Gasteiger partial charge in [0.1, 0.15) is 17.8 Å². The first-order valence-corrected chi connectivity index (χ1v) is 11.8. The highest BCUT2D eigenvalue weighted by Gasteiger charge is 2.33. The number of carbonyl (C=O) groups excluding carboxylic acids is 2. The first kappa shape index (κ1) is 26.3. The quantitative estimate of drug-likeness (QED) is 0.416. The summed E-state index contributed by atoms with van der Waals surface area (Å²) in [6, 6.07) is 4.87. The third-order valence-corrected chi connectivity index (χ3v) is 6.37. The first-order chi connectivity index (χ1) is 17.5. The van der Waals surface area contributed by atoms with Gasteiger partial charge in [0.25, 0.3) is 5.91 Å². The predicted molar refractivity (Wildman–Crippen MR) is 129 cm³/mol. The van der Waals surface area contributed by atoms with Crippen molar-refractivity contribution in [2.45, 2.75) is 51.7 Å². The van der Waals surface area contributed by atoms with E-state index >= 15 is 0 Å². The number of hydrogen-bond acceptors (Lipinski definition) is 8. The highest BCUT2D eigenvalue weighted by molar-refractivity contribution is 6.02. The fourth-order valence-corrected chi connectivity index (χ4v) is 4.29. The third-order valence-electron chi connectivity index (χ3n) is 6.37. The van der Waals surface area contributed by atoms with Crippen molar-refractivity contribution in [3.63, 3.8) is 0 Å². The van der Waals surface area contributed by atoms with Crippen molar-refractivity contribution in [1.82, 2.24) is 20.0 Å². The van der Waals surface area contributed by atoms with Gasteiger partial charge in [-0.05, 0) is 50.6 Å². The number of Topliss-reactive ketones (excluding diaryl/α,β-unsaturated/α-hetero) is 1. The number of nitrogens with zero attached hydrogens (tertiary/aromatic N) is 4. The van der Waals surface area contributed by atoms with Crippen LogP contribution >= 0.6 is 0 Å². The van der Waals surface area contributed by atoms with Crippen LogP contribution in [0, 0.1) is 6.92 Å². The van der Waals surface area contributed by atoms with Crippen molar-refractivity contribution in [2.75, 3.05) is 24.1 Å². The number of alkyl halides is 3. The normalized spacial score (nSPS) is 15.1. The first-order valence-electron chi connectivity index (χ1n) is 11.8. The molecule has 1 amide bonds. The maximum absolute atomic E-state index is 13.2. The van der Waals surface area contributed by atoms with Crippen LogP contribution < -0.4 is 11.1 Å². The Hall–Kier alpha value is -3.80. The average molecular weight is 517 g/mol. The molecule has 9 nitrogen and oxygen atoms in total. The van der Waals surface area contributed by atoms with Gasteiger partial charge in [0.05, 0.1) is 11.3 Å². The number of aromatic nitrogens is 3. The van der Waals surface area contributed by atoms with Crippen molar-refractivity contribution >= 4 is 23.2 Å². The van der Waals surface area contributed by atoms with E-state index in [-0.39, 0.29) is 40.7 Å². The van der Waals surface area contributed by atoms with Gasteiger partial charge in [-0.15, -0.1) is 0 Å². The molecule has 0 radical (unpaired) electrons. The summed E-state index contributed by atoms with van der Waals surface area (Å²) in [5, 5.41) is 6.28. The summed E-state index contributed by atoms with van der Waals surface area (Å²) in [6.45, 7) is 5.42. The minimum Gasteiger partial charge on any atom is -0.383 e. The third kappa shape index (κ3) is 6.13. The molecule has 0 aliphatic carbocycles. The molecule has 1 atom stereocenters. The van der Waals surface area contributed by atoms with E-state index < -0.39 is 23.6 Å². The molecule has 3 heterocycles. The smallest absolute Gasteiger partial charge is 0.383 e. The fraction of sp³-hybridized carbons (Fsp3) is 0.400. The number of nitrogen functional groups attached to an aromatic ring is 1. The van der Waals surface area contributed by atoms with Crippen molar-refractivity contribution in [3.05, 3.63) is 64.4 Å². The van der Waals surface area contributed by atoms with Gasteiger partial charge in [0.15, 0.2) is 5.78 Å². The molecule has 1 aliphatic heterocycles. The number of rotatable bonds is 8. The van der Waals surface area contributed by atoms with E-state index in [1.54, 1.807) is 6.92 Å². The Balaban J connectivity index is 1.44. The molecule has 0 bridgehead atoms. The van der Waals surface area contributed by atoms with Gasteiger partial charge in [0, 0.05) is 36.2 Å². The highest BCUT2D eigenvalue weighted by atomic mass is 19.4. The van der Waals surface area contributed by atoms with Gasteiger partial charge >= 0.3 is 6.18 Å². The zero-order chi connectivity index (χ0) is 26.7. The standard InChI is InChI=1S/C25H27F3N6O3/c1-14-5-6-16(10-18(14)25(26,27)28)32-24(36)21-11-19(33-37-21)15(2)9-20(35)22-17(23(29)31-13-30-22)12-34-7-3-4-8-34/h5-6,10-11,13,15H,3-4,7-9,12H2,1-2H3,(H,32,36)(H2,29,30,31)/t15-/m1/s1. The molecule has 4 rings (SSSR count). The van der Waals surface area contributed by atoms with Gasteiger partial charge < -0.3 is 15.6 Å². The summed E-state index contributed by atoms with van der Waals surface area (Å²) < 4.78 is 44.6. The van der Waals surface area contributed by atoms with Crippen molar-refractivity contribution < 1.29 is 27.3 Å². The number of aryl methyl sites for hydroxylation is 1. The number of anilines is 2. The molecule has 37 heavy (non-hydrogen) atoms. The van der Waals surface area contributed by atoms with E-state index in [4.69, 9.17) is 10.3 Å². The van der Waals surface area contributed by atoms with Gasteiger partial charge in [-0.1, -0.05) is 18.1 Å². The summed E-state index contributed by atoms with van der Waals surface area (Å²) in [4.78, 5) is 36.1. The molecule has 3 N–H and O–H groups in total. The Morgan fingerprint density at radius 1 is 1.19 bits per heavy atom. The average Bonchev–Trinajstić information content (AvgIpc) is 3.53. The fourth-order valence-electron chi connectivity index (χ4n) is 4.29. The second-order valence-electron chi connectivity index (χ2n) is 9.20. The molecule has 12 heteroatoms. The van der Waals surface area contributed by atoms with Crippen LogP contribution in [0.1, 0.15) is 75.5 Å². The van der Waals surface area contributed by atoms with Crippen molar-refractivity contribution in [1.29, 1.82) is 0 Å². The lowest BCUT2D eigenvalue weighted by molar-refractivity contribution is -0.138. The van der Waals surface area contributed by atoms with Crippen LogP contribution in [0.3, 0.4) is 0 Å². The van der Waals surface area contributed by atoms with Crippen molar-refractivity contribution in [2.24, 2.45) is 0 Å². The summed E-state index contributed by atoms with van der Waals surface area (Å²) in [5.41, 5.74) is 6.43. The van der Waals surface area contributed by atoms with Crippen LogP contribution in [-0.2, 0) is 12.7 Å². The number of carbonyl (C=O) groups is 2. The number of halogens is 3. The van der Waals surface area contributed by atoms with Crippen LogP contribution in [0.5, 0.6) is 0 Å². The zero-order valence-electron chi connectivity index (χ0n) is 20.4. The SMILES string of the molecule is Cc1ccc(NC(=O)c2cc([C@H](C)CC(=O)c3ncnc(N)c3CN3CCCC3)no2)cc1C(F)(F)F. The number of benzene rings is 1. The Labute approximate surface area is 211 Å². The Kier molecular flexibility index (Phi) is 7.58. The molecule has 1 saturated heterocycles. The van der Waals surface area contributed by atoms with E-state index in [9.17, 15) is 22.8 Å². The molecular weight excluding hydrogens is 489 g/mol. The maximum Gasteiger partial charge on any atom is 0.416 e. The molecule has 0 spiro atoms. The topological polar surface area (TPSA) is 127 Å². The van der Waals surface area contributed by atoms with E-state index in [2.05, 4.69) is 25.3 Å². The summed E-state index contributed by atoms with van der Waals surface area (Å²) in [6.07, 6.45) is -1.08. The van der Waals surface area contributed by atoms with E-state index in [0.29, 0.717) is 17.8 Å². The van der Waals surface area contributed by atoms with Crippen LogP contribution in [0.4, 0.5) is 24.7 Å². The van der Waals surface area contributed by atoms with Gasteiger partial charge in [-0.2, -0.15) is 13.2 Å². The van der Waals surface area contributed by atoms with Gasteiger partial charge in [-0.25, -0.2) is 9.97 Å². The molecule has 1 fully saturated rings. The van der Waals surface area contributed by atoms with E-state index in [1.807, 2.05) is 0 Å². The second kappa shape index (κ2) is 10.7. The summed E-state index contributed by atoms with van der Waals surface area (Å²) in [5.74, 6) is -1.35. The number of nitrogens with one attached hydrogen (secondary N) is 1. The van der Waals surface area contributed by atoms with Crippen LogP contribution in [0.15, 0.2) is 35.1 Å². The number of hydrogen-bond donors (Lipinski definition) is 2. The zero-order valence-corrected chi connectivity index (χ0v) is 20.4. The minimum absolute atomic E-state index is 0.0315. The molecule has 1 aromatic carbocycles.